The van der Waals surface area contributed by atoms with Gasteiger partial charge < -0.3 is 9.47 Å². The van der Waals surface area contributed by atoms with Crippen molar-refractivity contribution in [3.8, 4) is 0 Å². The van der Waals surface area contributed by atoms with Gasteiger partial charge in [0.1, 0.15) is 11.1 Å². The summed E-state index contributed by atoms with van der Waals surface area (Å²) < 4.78 is 11.5. The topological polar surface area (TPSA) is 58.8 Å². The van der Waals surface area contributed by atoms with Crippen molar-refractivity contribution in [2.45, 2.75) is 37.5 Å². The zero-order valence-corrected chi connectivity index (χ0v) is 18.0. The number of ether oxygens (including phenoxy) is 2. The van der Waals surface area contributed by atoms with Crippen LogP contribution in [0.1, 0.15) is 26.7 Å². The van der Waals surface area contributed by atoms with Crippen molar-refractivity contribution >= 4 is 40.2 Å². The summed E-state index contributed by atoms with van der Waals surface area (Å²) in [5, 5.41) is 0.958. The summed E-state index contributed by atoms with van der Waals surface area (Å²) in [5.74, 6) is 0.934. The van der Waals surface area contributed by atoms with Gasteiger partial charge in [-0.15, -0.1) is 11.8 Å². The van der Waals surface area contributed by atoms with Crippen LogP contribution in [0.15, 0.2) is 25.5 Å². The molecule has 0 aromatic carbocycles. The largest absolute Gasteiger partial charge is 0.379 e. The molecule has 4 aliphatic heterocycles. The molecular weight excluding hydrogens is 380 g/mol. The van der Waals surface area contributed by atoms with Gasteiger partial charge in [-0.2, -0.15) is 0 Å². The average Bonchev–Trinajstić information content (AvgIpc) is 3.02. The molecule has 0 saturated carbocycles. The Balaban J connectivity index is 1.43. The molecule has 0 aromatic heterocycles. The molecular formula is C19H28N4O2S2. The van der Waals surface area contributed by atoms with E-state index in [0.29, 0.717) is 6.61 Å². The van der Waals surface area contributed by atoms with Crippen LogP contribution in [-0.2, 0) is 9.47 Å². The SMILES string of the molecule is CSC1=NC(=NCCCN2CCOCC2)C2SC3=C(COC(C)(C)C3)C2=N1. The predicted molar refractivity (Wildman–Crippen MR) is 116 cm³/mol. The molecule has 0 N–H and O–H groups in total. The number of hydrogen-bond donors (Lipinski definition) is 0. The fourth-order valence-electron chi connectivity index (χ4n) is 3.69. The fraction of sp³-hybridized carbons (Fsp3) is 0.737. The highest BCUT2D eigenvalue weighted by Gasteiger charge is 2.42. The molecule has 1 fully saturated rings. The van der Waals surface area contributed by atoms with Crippen molar-refractivity contribution in [2.75, 3.05) is 52.3 Å². The minimum Gasteiger partial charge on any atom is -0.379 e. The molecule has 0 amide bonds. The van der Waals surface area contributed by atoms with Gasteiger partial charge in [0, 0.05) is 38.2 Å². The molecule has 0 bridgehead atoms. The highest BCUT2D eigenvalue weighted by Crippen LogP contribution is 2.46. The third-order valence-corrected chi connectivity index (χ3v) is 7.09. The summed E-state index contributed by atoms with van der Waals surface area (Å²) in [5.41, 5.74) is 2.29. The van der Waals surface area contributed by atoms with E-state index in [9.17, 15) is 0 Å². The standard InChI is InChI=1S/C19H28N4O2S2/c1-19(2)11-14-13(12-25-19)15-16(27-14)17(22-18(21-15)26-3)20-5-4-6-23-7-9-24-10-8-23/h16H,4-12H2,1-3H3. The lowest BCUT2D eigenvalue weighted by molar-refractivity contribution is -0.00941. The molecule has 1 unspecified atom stereocenters. The maximum absolute atomic E-state index is 6.04. The number of hydrogen-bond acceptors (Lipinski definition) is 7. The molecule has 148 valence electrons. The summed E-state index contributed by atoms with van der Waals surface area (Å²) in [6, 6.07) is 0. The highest BCUT2D eigenvalue weighted by atomic mass is 32.2. The lowest BCUT2D eigenvalue weighted by Crippen LogP contribution is -2.37. The van der Waals surface area contributed by atoms with Crippen LogP contribution in [0.2, 0.25) is 0 Å². The zero-order valence-electron chi connectivity index (χ0n) is 16.4. The van der Waals surface area contributed by atoms with Gasteiger partial charge in [-0.1, -0.05) is 11.8 Å². The Labute approximate surface area is 170 Å². The predicted octanol–water partition coefficient (Wildman–Crippen LogP) is 2.85. The van der Waals surface area contributed by atoms with Crippen molar-refractivity contribution in [3.63, 3.8) is 0 Å². The Hall–Kier alpha value is -0.670. The third-order valence-electron chi connectivity index (χ3n) is 5.20. The van der Waals surface area contributed by atoms with Crippen molar-refractivity contribution < 1.29 is 9.47 Å². The molecule has 4 rings (SSSR count). The first-order valence-corrected chi connectivity index (χ1v) is 11.7. The first-order chi connectivity index (χ1) is 13.1. The quantitative estimate of drug-likeness (QED) is 0.670. The van der Waals surface area contributed by atoms with E-state index < -0.39 is 0 Å². The van der Waals surface area contributed by atoms with E-state index in [2.05, 4.69) is 18.7 Å². The van der Waals surface area contributed by atoms with Gasteiger partial charge in [-0.25, -0.2) is 9.98 Å². The molecule has 0 aromatic rings. The van der Waals surface area contributed by atoms with Crippen LogP contribution in [0.4, 0.5) is 0 Å². The number of aliphatic imine (C=N–C) groups is 3. The molecule has 4 aliphatic rings. The Kier molecular flexibility index (Phi) is 6.09. The number of fused-ring (bicyclic) bond motifs is 2. The van der Waals surface area contributed by atoms with Gasteiger partial charge in [0.15, 0.2) is 5.17 Å². The van der Waals surface area contributed by atoms with E-state index in [-0.39, 0.29) is 10.9 Å². The molecule has 8 heteroatoms. The summed E-state index contributed by atoms with van der Waals surface area (Å²) in [4.78, 5) is 18.3. The Bertz CT molecular complexity index is 708. The zero-order chi connectivity index (χ0) is 18.9. The normalized spacial score (nSPS) is 29.4. The molecule has 0 aliphatic carbocycles. The lowest BCUT2D eigenvalue weighted by Gasteiger charge is -2.30. The van der Waals surface area contributed by atoms with Crippen LogP contribution < -0.4 is 0 Å². The second-order valence-corrected chi connectivity index (χ2v) is 9.74. The van der Waals surface area contributed by atoms with Crippen LogP contribution in [0.3, 0.4) is 0 Å². The Morgan fingerprint density at radius 3 is 2.89 bits per heavy atom. The van der Waals surface area contributed by atoms with Crippen LogP contribution in [0.25, 0.3) is 0 Å². The van der Waals surface area contributed by atoms with Crippen LogP contribution >= 0.6 is 23.5 Å². The van der Waals surface area contributed by atoms with E-state index in [1.807, 2.05) is 18.0 Å². The minimum atomic E-state index is -0.0987. The Morgan fingerprint density at radius 2 is 2.11 bits per heavy atom. The van der Waals surface area contributed by atoms with E-state index in [4.69, 9.17) is 24.5 Å². The molecule has 0 radical (unpaired) electrons. The molecule has 27 heavy (non-hydrogen) atoms. The maximum atomic E-state index is 6.04. The third kappa shape index (κ3) is 4.50. The van der Waals surface area contributed by atoms with Crippen molar-refractivity contribution in [2.24, 2.45) is 15.0 Å². The molecule has 4 heterocycles. The van der Waals surface area contributed by atoms with E-state index >= 15 is 0 Å². The van der Waals surface area contributed by atoms with Gasteiger partial charge in [0.2, 0.25) is 0 Å². The number of amidine groups is 2. The van der Waals surface area contributed by atoms with Gasteiger partial charge in [0.25, 0.3) is 0 Å². The monoisotopic (exact) mass is 408 g/mol. The van der Waals surface area contributed by atoms with Crippen molar-refractivity contribution in [3.05, 3.63) is 10.5 Å². The van der Waals surface area contributed by atoms with E-state index in [1.54, 1.807) is 11.8 Å². The van der Waals surface area contributed by atoms with Gasteiger partial charge in [-0.3, -0.25) is 9.89 Å². The van der Waals surface area contributed by atoms with Crippen LogP contribution in [0.5, 0.6) is 0 Å². The first kappa shape index (κ1) is 19.6. The van der Waals surface area contributed by atoms with E-state index in [0.717, 1.165) is 68.9 Å². The summed E-state index contributed by atoms with van der Waals surface area (Å²) in [6.07, 6.45) is 4.03. The van der Waals surface area contributed by atoms with Crippen LogP contribution in [0, 0.1) is 0 Å². The Morgan fingerprint density at radius 1 is 1.30 bits per heavy atom. The van der Waals surface area contributed by atoms with Gasteiger partial charge >= 0.3 is 0 Å². The number of morpholine rings is 1. The number of rotatable bonds is 4. The second kappa shape index (κ2) is 8.37. The minimum absolute atomic E-state index is 0.0987. The van der Waals surface area contributed by atoms with Crippen molar-refractivity contribution in [1.29, 1.82) is 0 Å². The highest BCUT2D eigenvalue weighted by molar-refractivity contribution is 8.13. The first-order valence-electron chi connectivity index (χ1n) is 9.64. The smallest absolute Gasteiger partial charge is 0.189 e. The number of nitrogens with zero attached hydrogens (tertiary/aromatic N) is 4. The van der Waals surface area contributed by atoms with Crippen molar-refractivity contribution in [1.82, 2.24) is 4.90 Å². The average molecular weight is 409 g/mol. The van der Waals surface area contributed by atoms with Crippen LogP contribution in [-0.4, -0.2) is 84.7 Å². The molecule has 6 nitrogen and oxygen atoms in total. The molecule has 0 spiro atoms. The maximum Gasteiger partial charge on any atom is 0.189 e. The molecule has 1 atom stereocenters. The molecule has 1 saturated heterocycles. The van der Waals surface area contributed by atoms with Gasteiger partial charge in [-0.05, 0) is 31.4 Å². The summed E-state index contributed by atoms with van der Waals surface area (Å²) in [6.45, 7) is 10.6. The lowest BCUT2D eigenvalue weighted by atomic mass is 9.96. The summed E-state index contributed by atoms with van der Waals surface area (Å²) >= 11 is 3.47. The van der Waals surface area contributed by atoms with E-state index in [1.165, 1.54) is 10.5 Å². The summed E-state index contributed by atoms with van der Waals surface area (Å²) in [7, 11) is 0. The second-order valence-electron chi connectivity index (χ2n) is 7.77. The van der Waals surface area contributed by atoms with Gasteiger partial charge in [0.05, 0.1) is 31.1 Å². The number of thioether (sulfide) groups is 2. The fourth-order valence-corrected chi connectivity index (χ4v) is 5.62.